The third-order valence-corrected chi connectivity index (χ3v) is 2.55. The molecule has 0 spiro atoms. The number of fused-ring (bicyclic) bond motifs is 1. The summed E-state index contributed by atoms with van der Waals surface area (Å²) < 4.78 is 1.36. The van der Waals surface area contributed by atoms with E-state index in [9.17, 15) is 4.79 Å². The molecule has 3 rings (SSSR count). The highest BCUT2D eigenvalue weighted by Gasteiger charge is 2.05. The van der Waals surface area contributed by atoms with Crippen molar-refractivity contribution in [2.24, 2.45) is 0 Å². The molecule has 2 aromatic heterocycles. The molecular formula is C13H9N3O. The van der Waals surface area contributed by atoms with E-state index in [2.05, 4.69) is 10.1 Å². The van der Waals surface area contributed by atoms with Crippen molar-refractivity contribution in [3.63, 3.8) is 0 Å². The van der Waals surface area contributed by atoms with Crippen molar-refractivity contribution in [2.45, 2.75) is 0 Å². The van der Waals surface area contributed by atoms with Gasteiger partial charge in [-0.05, 0) is 24.3 Å². The van der Waals surface area contributed by atoms with Crippen LogP contribution >= 0.6 is 0 Å². The number of benzene rings is 1. The molecule has 17 heavy (non-hydrogen) atoms. The predicted octanol–water partition coefficient (Wildman–Crippen LogP) is 1.78. The Morgan fingerprint density at radius 2 is 1.82 bits per heavy atom. The second kappa shape index (κ2) is 3.83. The van der Waals surface area contributed by atoms with Crippen molar-refractivity contribution in [3.8, 4) is 5.69 Å². The Morgan fingerprint density at radius 3 is 2.65 bits per heavy atom. The molecule has 1 aromatic carbocycles. The lowest BCUT2D eigenvalue weighted by Gasteiger charge is -2.04. The Labute approximate surface area is 97.2 Å². The Bertz CT molecular complexity index is 719. The first-order chi connectivity index (χ1) is 8.36. The largest absolute Gasteiger partial charge is 0.297 e. The number of nitrogens with zero attached hydrogens (tertiary/aromatic N) is 3. The molecule has 0 atom stereocenters. The van der Waals surface area contributed by atoms with E-state index in [1.165, 1.54) is 4.68 Å². The monoisotopic (exact) mass is 223 g/mol. The van der Waals surface area contributed by atoms with E-state index in [1.807, 2.05) is 36.4 Å². The van der Waals surface area contributed by atoms with E-state index < -0.39 is 0 Å². The standard InChI is InChI=1S/C13H9N3O/c17-13-12-10(5-4-8-14-12)9-15-16(13)11-6-2-1-3-7-11/h1-9H. The molecule has 4 heteroatoms. The van der Waals surface area contributed by atoms with E-state index in [1.54, 1.807) is 18.5 Å². The van der Waals surface area contributed by atoms with E-state index in [4.69, 9.17) is 0 Å². The Hall–Kier alpha value is -2.49. The summed E-state index contributed by atoms with van der Waals surface area (Å²) in [4.78, 5) is 16.3. The Balaban J connectivity index is 2.33. The van der Waals surface area contributed by atoms with Crippen molar-refractivity contribution in [2.75, 3.05) is 0 Å². The maximum atomic E-state index is 12.2. The minimum atomic E-state index is -0.200. The average molecular weight is 223 g/mol. The highest BCUT2D eigenvalue weighted by atomic mass is 16.1. The van der Waals surface area contributed by atoms with Crippen LogP contribution in [0.4, 0.5) is 0 Å². The summed E-state index contributed by atoms with van der Waals surface area (Å²) in [5.41, 5.74) is 0.978. The lowest BCUT2D eigenvalue weighted by Crippen LogP contribution is -2.21. The molecule has 82 valence electrons. The predicted molar refractivity (Wildman–Crippen MR) is 65.1 cm³/mol. The second-order valence-electron chi connectivity index (χ2n) is 3.64. The lowest BCUT2D eigenvalue weighted by atomic mass is 10.3. The summed E-state index contributed by atoms with van der Waals surface area (Å²) in [5, 5.41) is 4.90. The molecule has 0 saturated heterocycles. The van der Waals surface area contributed by atoms with E-state index in [0.29, 0.717) is 5.52 Å². The molecule has 4 nitrogen and oxygen atoms in total. The van der Waals surface area contributed by atoms with Gasteiger partial charge < -0.3 is 0 Å². The molecule has 0 unspecified atom stereocenters. The SMILES string of the molecule is O=c1c2ncccc2cnn1-c1ccccc1. The smallest absolute Gasteiger partial charge is 0.265 e. The van der Waals surface area contributed by atoms with Crippen LogP contribution in [0, 0.1) is 0 Å². The number of para-hydroxylation sites is 1. The minimum Gasteiger partial charge on any atom is -0.265 e. The van der Waals surface area contributed by atoms with Crippen LogP contribution in [-0.2, 0) is 0 Å². The van der Waals surface area contributed by atoms with Gasteiger partial charge in [0.2, 0.25) is 0 Å². The quantitative estimate of drug-likeness (QED) is 0.631. The van der Waals surface area contributed by atoms with Gasteiger partial charge >= 0.3 is 0 Å². The molecular weight excluding hydrogens is 214 g/mol. The Kier molecular flexibility index (Phi) is 2.19. The fraction of sp³-hybridized carbons (Fsp3) is 0. The van der Waals surface area contributed by atoms with Gasteiger partial charge in [0.15, 0.2) is 0 Å². The molecule has 0 saturated carbocycles. The molecule has 0 N–H and O–H groups in total. The van der Waals surface area contributed by atoms with Crippen molar-refractivity contribution in [3.05, 3.63) is 65.2 Å². The maximum Gasteiger partial charge on any atom is 0.297 e. The fourth-order valence-electron chi connectivity index (χ4n) is 1.73. The third-order valence-electron chi connectivity index (χ3n) is 2.55. The van der Waals surface area contributed by atoms with Crippen LogP contribution in [-0.4, -0.2) is 14.8 Å². The number of hydrogen-bond acceptors (Lipinski definition) is 3. The van der Waals surface area contributed by atoms with Crippen LogP contribution < -0.4 is 5.56 Å². The first-order valence-electron chi connectivity index (χ1n) is 5.25. The van der Waals surface area contributed by atoms with Gasteiger partial charge in [0.1, 0.15) is 5.52 Å². The lowest BCUT2D eigenvalue weighted by molar-refractivity contribution is 0.818. The first kappa shape index (κ1) is 9.72. The summed E-state index contributed by atoms with van der Waals surface area (Å²) >= 11 is 0. The van der Waals surface area contributed by atoms with Crippen molar-refractivity contribution in [1.82, 2.24) is 14.8 Å². The molecule has 2 heterocycles. The van der Waals surface area contributed by atoms with Gasteiger partial charge in [-0.15, -0.1) is 0 Å². The van der Waals surface area contributed by atoms with Gasteiger partial charge in [-0.2, -0.15) is 9.78 Å². The zero-order chi connectivity index (χ0) is 11.7. The van der Waals surface area contributed by atoms with Gasteiger partial charge in [0, 0.05) is 11.6 Å². The summed E-state index contributed by atoms with van der Waals surface area (Å²) in [5.74, 6) is 0. The van der Waals surface area contributed by atoms with Gasteiger partial charge in [-0.3, -0.25) is 9.78 Å². The third kappa shape index (κ3) is 1.59. The summed E-state index contributed by atoms with van der Waals surface area (Å²) in [7, 11) is 0. The van der Waals surface area contributed by atoms with E-state index in [0.717, 1.165) is 11.1 Å². The second-order valence-corrected chi connectivity index (χ2v) is 3.64. The topological polar surface area (TPSA) is 47.8 Å². The van der Waals surface area contributed by atoms with E-state index >= 15 is 0 Å². The van der Waals surface area contributed by atoms with E-state index in [-0.39, 0.29) is 5.56 Å². The van der Waals surface area contributed by atoms with Crippen molar-refractivity contribution in [1.29, 1.82) is 0 Å². The van der Waals surface area contributed by atoms with Gasteiger partial charge in [0.05, 0.1) is 11.9 Å². The molecule has 0 aliphatic carbocycles. The molecule has 0 fully saturated rings. The highest BCUT2D eigenvalue weighted by molar-refractivity contribution is 5.76. The number of rotatable bonds is 1. The minimum absolute atomic E-state index is 0.200. The first-order valence-corrected chi connectivity index (χ1v) is 5.25. The van der Waals surface area contributed by atoms with Crippen molar-refractivity contribution >= 4 is 10.9 Å². The molecule has 0 amide bonds. The summed E-state index contributed by atoms with van der Waals surface area (Å²) in [6, 6.07) is 12.9. The number of aromatic nitrogens is 3. The molecule has 0 aliphatic rings. The van der Waals surface area contributed by atoms with Crippen LogP contribution in [0.1, 0.15) is 0 Å². The normalized spacial score (nSPS) is 10.6. The molecule has 0 bridgehead atoms. The molecule has 0 aliphatic heterocycles. The van der Waals surface area contributed by atoms with Gasteiger partial charge in [0.25, 0.3) is 5.56 Å². The van der Waals surface area contributed by atoms with Crippen LogP contribution in [0.3, 0.4) is 0 Å². The van der Waals surface area contributed by atoms with Crippen LogP contribution in [0.25, 0.3) is 16.6 Å². The number of hydrogen-bond donors (Lipinski definition) is 0. The highest BCUT2D eigenvalue weighted by Crippen LogP contribution is 2.06. The van der Waals surface area contributed by atoms with Crippen LogP contribution in [0.15, 0.2) is 59.7 Å². The Morgan fingerprint density at radius 1 is 1.00 bits per heavy atom. The van der Waals surface area contributed by atoms with Crippen molar-refractivity contribution < 1.29 is 0 Å². The maximum absolute atomic E-state index is 12.2. The fourth-order valence-corrected chi connectivity index (χ4v) is 1.73. The summed E-state index contributed by atoms with van der Waals surface area (Å²) in [6.07, 6.45) is 3.26. The zero-order valence-electron chi connectivity index (χ0n) is 8.95. The van der Waals surface area contributed by atoms with Gasteiger partial charge in [-0.1, -0.05) is 18.2 Å². The average Bonchev–Trinajstić information content (AvgIpc) is 2.40. The van der Waals surface area contributed by atoms with Crippen LogP contribution in [0.5, 0.6) is 0 Å². The van der Waals surface area contributed by atoms with Crippen LogP contribution in [0.2, 0.25) is 0 Å². The molecule has 0 radical (unpaired) electrons. The molecule has 3 aromatic rings. The number of pyridine rings is 1. The summed E-state index contributed by atoms with van der Waals surface area (Å²) in [6.45, 7) is 0. The zero-order valence-corrected chi connectivity index (χ0v) is 8.95. The van der Waals surface area contributed by atoms with Gasteiger partial charge in [-0.25, -0.2) is 0 Å².